The first kappa shape index (κ1) is 19.0. The average molecular weight is 421 g/mol. The van der Waals surface area contributed by atoms with Gasteiger partial charge in [-0.3, -0.25) is 4.79 Å². The van der Waals surface area contributed by atoms with Crippen molar-refractivity contribution in [2.75, 3.05) is 5.73 Å². The predicted octanol–water partition coefficient (Wildman–Crippen LogP) is 2.69. The lowest BCUT2D eigenvalue weighted by atomic mass is 10.2. The molecule has 1 saturated carbocycles. The number of nitrogens with two attached hydrogens (primary N) is 1. The number of rotatable bonds is 5. The summed E-state index contributed by atoms with van der Waals surface area (Å²) in [4.78, 5) is 24.8. The van der Waals surface area contributed by atoms with Gasteiger partial charge in [0, 0.05) is 17.8 Å². The Kier molecular flexibility index (Phi) is 4.54. The highest BCUT2D eigenvalue weighted by Gasteiger charge is 2.26. The second-order valence-electron chi connectivity index (χ2n) is 7.36. The minimum absolute atomic E-state index is 0.00989. The van der Waals surface area contributed by atoms with Gasteiger partial charge in [0.05, 0.1) is 23.7 Å². The molecule has 8 nitrogen and oxygen atoms in total. The zero-order valence-electron chi connectivity index (χ0n) is 16.2. The SMILES string of the molecule is Nc1nc(-c2nn(Cc3ccccc3F)c3ncc(F)cc23)ncc1C(=O)NC1CC1. The summed E-state index contributed by atoms with van der Waals surface area (Å²) in [5, 5.41) is 7.63. The van der Waals surface area contributed by atoms with Gasteiger partial charge in [-0.2, -0.15) is 5.10 Å². The topological polar surface area (TPSA) is 112 Å². The lowest BCUT2D eigenvalue weighted by molar-refractivity contribution is 0.0951. The zero-order chi connectivity index (χ0) is 21.5. The van der Waals surface area contributed by atoms with Crippen molar-refractivity contribution in [3.05, 3.63) is 65.5 Å². The molecule has 0 aliphatic heterocycles. The highest BCUT2D eigenvalue weighted by Crippen LogP contribution is 2.27. The van der Waals surface area contributed by atoms with Crippen molar-refractivity contribution in [1.29, 1.82) is 0 Å². The minimum atomic E-state index is -0.562. The molecular formula is C21H17F2N7O. The second kappa shape index (κ2) is 7.38. The van der Waals surface area contributed by atoms with E-state index in [1.54, 1.807) is 18.2 Å². The minimum Gasteiger partial charge on any atom is -0.383 e. The predicted molar refractivity (Wildman–Crippen MR) is 109 cm³/mol. The van der Waals surface area contributed by atoms with E-state index in [0.29, 0.717) is 16.6 Å². The molecule has 0 saturated heterocycles. The number of benzene rings is 1. The first-order chi connectivity index (χ1) is 15.0. The quantitative estimate of drug-likeness (QED) is 0.513. The molecule has 3 N–H and O–H groups in total. The Morgan fingerprint density at radius 2 is 2.00 bits per heavy atom. The fourth-order valence-electron chi connectivity index (χ4n) is 3.27. The molecule has 31 heavy (non-hydrogen) atoms. The molecule has 4 aromatic rings. The highest BCUT2D eigenvalue weighted by molar-refractivity contribution is 5.99. The summed E-state index contributed by atoms with van der Waals surface area (Å²) in [6, 6.07) is 7.72. The molecule has 1 aliphatic rings. The maximum Gasteiger partial charge on any atom is 0.256 e. The molecule has 1 aliphatic carbocycles. The van der Waals surface area contributed by atoms with Gasteiger partial charge in [0.15, 0.2) is 11.5 Å². The van der Waals surface area contributed by atoms with Gasteiger partial charge in [0.25, 0.3) is 5.91 Å². The monoisotopic (exact) mass is 421 g/mol. The van der Waals surface area contributed by atoms with Crippen LogP contribution in [0.1, 0.15) is 28.8 Å². The van der Waals surface area contributed by atoms with Crippen molar-refractivity contribution >= 4 is 22.8 Å². The van der Waals surface area contributed by atoms with Crippen LogP contribution in [-0.4, -0.2) is 36.7 Å². The number of nitrogen functional groups attached to an aromatic ring is 1. The number of nitrogens with zero attached hydrogens (tertiary/aromatic N) is 5. The molecular weight excluding hydrogens is 404 g/mol. The van der Waals surface area contributed by atoms with E-state index in [2.05, 4.69) is 25.4 Å². The molecule has 3 heterocycles. The lowest BCUT2D eigenvalue weighted by Crippen LogP contribution is -2.26. The maximum absolute atomic E-state index is 14.1. The van der Waals surface area contributed by atoms with Crippen LogP contribution in [0, 0.1) is 11.6 Å². The van der Waals surface area contributed by atoms with Crippen LogP contribution in [0.3, 0.4) is 0 Å². The summed E-state index contributed by atoms with van der Waals surface area (Å²) in [5.41, 5.74) is 7.14. The lowest BCUT2D eigenvalue weighted by Gasteiger charge is -2.06. The first-order valence-corrected chi connectivity index (χ1v) is 9.69. The molecule has 3 aromatic heterocycles. The molecule has 0 atom stereocenters. The van der Waals surface area contributed by atoms with Crippen LogP contribution >= 0.6 is 0 Å². The molecule has 1 fully saturated rings. The summed E-state index contributed by atoms with van der Waals surface area (Å²) in [5.74, 6) is -1.18. The zero-order valence-corrected chi connectivity index (χ0v) is 16.2. The molecule has 1 aromatic carbocycles. The number of pyridine rings is 1. The molecule has 1 amide bonds. The number of nitrogens with one attached hydrogen (secondary N) is 1. The largest absolute Gasteiger partial charge is 0.383 e. The molecule has 156 valence electrons. The second-order valence-corrected chi connectivity index (χ2v) is 7.36. The molecule has 0 radical (unpaired) electrons. The van der Waals surface area contributed by atoms with Crippen molar-refractivity contribution in [2.45, 2.75) is 25.4 Å². The summed E-state index contributed by atoms with van der Waals surface area (Å²) in [6.45, 7) is 0.0825. The van der Waals surface area contributed by atoms with Crippen LogP contribution in [0.25, 0.3) is 22.6 Å². The smallest absolute Gasteiger partial charge is 0.256 e. The fraction of sp³-hybridized carbons (Fsp3) is 0.190. The molecule has 5 rings (SSSR count). The number of carbonyl (C=O) groups is 1. The Labute approximate surface area is 175 Å². The highest BCUT2D eigenvalue weighted by atomic mass is 19.1. The van der Waals surface area contributed by atoms with Gasteiger partial charge < -0.3 is 11.1 Å². The van der Waals surface area contributed by atoms with Crippen LogP contribution in [0.2, 0.25) is 0 Å². The Morgan fingerprint density at radius 1 is 1.19 bits per heavy atom. The van der Waals surface area contributed by atoms with Gasteiger partial charge in [-0.1, -0.05) is 18.2 Å². The van der Waals surface area contributed by atoms with E-state index in [-0.39, 0.29) is 47.2 Å². The van der Waals surface area contributed by atoms with Gasteiger partial charge in [-0.15, -0.1) is 0 Å². The van der Waals surface area contributed by atoms with E-state index < -0.39 is 5.82 Å². The third-order valence-corrected chi connectivity index (χ3v) is 5.02. The Hall–Kier alpha value is -3.95. The van der Waals surface area contributed by atoms with E-state index in [1.165, 1.54) is 23.0 Å². The molecule has 0 spiro atoms. The van der Waals surface area contributed by atoms with Crippen molar-refractivity contribution in [3.63, 3.8) is 0 Å². The summed E-state index contributed by atoms with van der Waals surface area (Å²) in [7, 11) is 0. The third kappa shape index (κ3) is 3.67. The maximum atomic E-state index is 14.1. The van der Waals surface area contributed by atoms with E-state index in [0.717, 1.165) is 19.0 Å². The number of fused-ring (bicyclic) bond motifs is 1. The number of aromatic nitrogens is 5. The van der Waals surface area contributed by atoms with Crippen molar-refractivity contribution < 1.29 is 13.6 Å². The standard InChI is InChI=1S/C21H17F2N7O/c22-12-7-14-17(19-25-9-15(18(24)28-19)21(31)27-13-5-6-13)29-30(20(14)26-8-12)10-11-3-1-2-4-16(11)23/h1-4,7-9,13H,5-6,10H2,(H,27,31)(H2,24,25,28). The van der Waals surface area contributed by atoms with Crippen LogP contribution in [0.5, 0.6) is 0 Å². The van der Waals surface area contributed by atoms with Crippen LogP contribution in [0.4, 0.5) is 14.6 Å². The van der Waals surface area contributed by atoms with Crippen molar-refractivity contribution in [2.24, 2.45) is 0 Å². The number of carbonyl (C=O) groups excluding carboxylic acids is 1. The van der Waals surface area contributed by atoms with Gasteiger partial charge in [-0.25, -0.2) is 28.4 Å². The van der Waals surface area contributed by atoms with Crippen LogP contribution < -0.4 is 11.1 Å². The normalized spacial score (nSPS) is 13.5. The van der Waals surface area contributed by atoms with Crippen molar-refractivity contribution in [3.8, 4) is 11.5 Å². The number of hydrogen-bond acceptors (Lipinski definition) is 6. The molecule has 10 heteroatoms. The molecule has 0 unspecified atom stereocenters. The van der Waals surface area contributed by atoms with Gasteiger partial charge in [0.2, 0.25) is 0 Å². The van der Waals surface area contributed by atoms with E-state index in [4.69, 9.17) is 5.73 Å². The summed E-state index contributed by atoms with van der Waals surface area (Å²) < 4.78 is 29.5. The van der Waals surface area contributed by atoms with Gasteiger partial charge in [-0.05, 0) is 25.0 Å². The number of anilines is 1. The Balaban J connectivity index is 1.56. The Morgan fingerprint density at radius 3 is 2.74 bits per heavy atom. The average Bonchev–Trinajstić information content (AvgIpc) is 3.49. The van der Waals surface area contributed by atoms with E-state index >= 15 is 0 Å². The van der Waals surface area contributed by atoms with E-state index in [1.807, 2.05) is 0 Å². The first-order valence-electron chi connectivity index (χ1n) is 9.69. The summed E-state index contributed by atoms with van der Waals surface area (Å²) >= 11 is 0. The third-order valence-electron chi connectivity index (χ3n) is 5.02. The molecule has 0 bridgehead atoms. The van der Waals surface area contributed by atoms with Crippen LogP contribution in [-0.2, 0) is 6.54 Å². The van der Waals surface area contributed by atoms with Crippen LogP contribution in [0.15, 0.2) is 42.7 Å². The number of hydrogen-bond donors (Lipinski definition) is 2. The van der Waals surface area contributed by atoms with Crippen molar-refractivity contribution in [1.82, 2.24) is 30.0 Å². The van der Waals surface area contributed by atoms with Gasteiger partial charge >= 0.3 is 0 Å². The van der Waals surface area contributed by atoms with Gasteiger partial charge in [0.1, 0.15) is 23.1 Å². The fourth-order valence-corrected chi connectivity index (χ4v) is 3.27. The van der Waals surface area contributed by atoms with E-state index in [9.17, 15) is 13.6 Å². The summed E-state index contributed by atoms with van der Waals surface area (Å²) in [6.07, 6.45) is 4.26. The number of amides is 1. The number of halogens is 2. The Bertz CT molecular complexity index is 1320.